The smallest absolute Gasteiger partial charge is 0.326 e. The van der Waals surface area contributed by atoms with Crippen molar-refractivity contribution in [2.45, 2.75) is 29.2 Å². The molecule has 1 atom stereocenters. The van der Waals surface area contributed by atoms with Gasteiger partial charge in [-0.1, -0.05) is 42.5 Å². The van der Waals surface area contributed by atoms with E-state index in [1.165, 1.54) is 31.4 Å². The highest BCUT2D eigenvalue weighted by Gasteiger charge is 2.52. The number of carbonyl (C=O) groups excluding carboxylic acids is 1. The normalized spacial score (nSPS) is 16.3. The molecule has 0 spiro atoms. The molecule has 0 aliphatic heterocycles. The fraction of sp³-hybridized carbons (Fsp3) is 0.263. The molecule has 3 rings (SSSR count). The number of benzene rings is 2. The van der Waals surface area contributed by atoms with Crippen LogP contribution in [0.3, 0.4) is 0 Å². The Kier molecular flexibility index (Phi) is 5.03. The predicted octanol–water partition coefficient (Wildman–Crippen LogP) is 2.00. The van der Waals surface area contributed by atoms with Gasteiger partial charge in [-0.05, 0) is 36.1 Å². The summed E-state index contributed by atoms with van der Waals surface area (Å²) in [7, 11) is -2.75. The van der Waals surface area contributed by atoms with Crippen molar-refractivity contribution < 1.29 is 27.9 Å². The molecule has 0 unspecified atom stereocenters. The molecule has 27 heavy (non-hydrogen) atoms. The number of carbonyl (C=O) groups is 2. The van der Waals surface area contributed by atoms with Crippen LogP contribution in [0.1, 0.15) is 30.0 Å². The van der Waals surface area contributed by atoms with Gasteiger partial charge in [-0.15, -0.1) is 0 Å². The Balaban J connectivity index is 1.85. The molecule has 2 N–H and O–H groups in total. The monoisotopic (exact) mass is 389 g/mol. The highest BCUT2D eigenvalue weighted by molar-refractivity contribution is 7.89. The van der Waals surface area contributed by atoms with E-state index in [0.717, 1.165) is 0 Å². The van der Waals surface area contributed by atoms with Gasteiger partial charge in [-0.2, -0.15) is 4.72 Å². The number of hydrogen-bond acceptors (Lipinski definition) is 5. The van der Waals surface area contributed by atoms with Gasteiger partial charge in [-0.25, -0.2) is 8.42 Å². The molecule has 2 aromatic rings. The number of esters is 1. The van der Waals surface area contributed by atoms with Crippen molar-refractivity contribution in [3.63, 3.8) is 0 Å². The minimum atomic E-state index is -4.07. The third-order valence-corrected chi connectivity index (χ3v) is 6.13. The van der Waals surface area contributed by atoms with Gasteiger partial charge in [0.1, 0.15) is 6.04 Å². The molecule has 0 heterocycles. The topological polar surface area (TPSA) is 110 Å². The van der Waals surface area contributed by atoms with Crippen LogP contribution in [-0.4, -0.2) is 32.6 Å². The summed E-state index contributed by atoms with van der Waals surface area (Å²) in [5, 5.41) is 9.41. The Morgan fingerprint density at radius 2 is 1.67 bits per heavy atom. The summed E-state index contributed by atoms with van der Waals surface area (Å²) in [6.07, 6.45) is 1.30. The van der Waals surface area contributed by atoms with Crippen molar-refractivity contribution in [2.75, 3.05) is 7.11 Å². The van der Waals surface area contributed by atoms with Gasteiger partial charge in [0.15, 0.2) is 0 Å². The van der Waals surface area contributed by atoms with E-state index in [2.05, 4.69) is 4.72 Å². The molecule has 1 saturated carbocycles. The second-order valence-corrected chi connectivity index (χ2v) is 8.12. The van der Waals surface area contributed by atoms with Crippen LogP contribution in [0.5, 0.6) is 0 Å². The first kappa shape index (κ1) is 19.1. The first-order chi connectivity index (χ1) is 12.8. The zero-order valence-corrected chi connectivity index (χ0v) is 15.4. The number of aliphatic carboxylic acids is 1. The van der Waals surface area contributed by atoms with Crippen molar-refractivity contribution in [3.8, 4) is 0 Å². The molecule has 0 saturated heterocycles. The van der Waals surface area contributed by atoms with Crippen LogP contribution in [0.15, 0.2) is 59.5 Å². The average molecular weight is 389 g/mol. The minimum Gasteiger partial charge on any atom is -0.480 e. The largest absolute Gasteiger partial charge is 0.480 e. The molecule has 1 aliphatic rings. The SMILES string of the molecule is COC(=O)C1(c2ccc(S(=O)(=O)N[C@@H](C(=O)O)c3ccccc3)cc2)CC1. The van der Waals surface area contributed by atoms with Crippen molar-refractivity contribution in [3.05, 3.63) is 65.7 Å². The molecule has 7 nitrogen and oxygen atoms in total. The fourth-order valence-corrected chi connectivity index (χ4v) is 4.19. The predicted molar refractivity (Wildman–Crippen MR) is 96.5 cm³/mol. The van der Waals surface area contributed by atoms with Crippen LogP contribution >= 0.6 is 0 Å². The highest BCUT2D eigenvalue weighted by atomic mass is 32.2. The molecule has 1 fully saturated rings. The Labute approximate surface area is 157 Å². The van der Waals surface area contributed by atoms with Crippen molar-refractivity contribution in [1.29, 1.82) is 0 Å². The summed E-state index contributed by atoms with van der Waals surface area (Å²) < 4.78 is 32.3. The van der Waals surface area contributed by atoms with Crippen LogP contribution in [0.4, 0.5) is 0 Å². The summed E-state index contributed by atoms with van der Waals surface area (Å²) >= 11 is 0. The molecular formula is C19H19NO6S. The maximum Gasteiger partial charge on any atom is 0.326 e. The lowest BCUT2D eigenvalue weighted by molar-refractivity contribution is -0.143. The molecule has 0 radical (unpaired) electrons. The Morgan fingerprint density at radius 3 is 2.15 bits per heavy atom. The van der Waals surface area contributed by atoms with E-state index < -0.39 is 27.4 Å². The van der Waals surface area contributed by atoms with E-state index in [1.54, 1.807) is 30.3 Å². The van der Waals surface area contributed by atoms with Crippen molar-refractivity contribution in [1.82, 2.24) is 4.72 Å². The van der Waals surface area contributed by atoms with Crippen LogP contribution in [-0.2, 0) is 29.8 Å². The Bertz CT molecular complexity index is 949. The summed E-state index contributed by atoms with van der Waals surface area (Å²) in [5.41, 5.74) is 0.317. The molecule has 2 aromatic carbocycles. The zero-order valence-electron chi connectivity index (χ0n) is 14.6. The van der Waals surface area contributed by atoms with Crippen LogP contribution < -0.4 is 4.72 Å². The Hall–Kier alpha value is -2.71. The van der Waals surface area contributed by atoms with Crippen molar-refractivity contribution >= 4 is 22.0 Å². The van der Waals surface area contributed by atoms with E-state index >= 15 is 0 Å². The maximum atomic E-state index is 12.6. The minimum absolute atomic E-state index is 0.0749. The molecule has 142 valence electrons. The number of rotatable bonds is 7. The number of carboxylic acid groups (broad SMARTS) is 1. The van der Waals surface area contributed by atoms with Gasteiger partial charge >= 0.3 is 11.9 Å². The van der Waals surface area contributed by atoms with Gasteiger partial charge in [0.05, 0.1) is 17.4 Å². The summed E-state index contributed by atoms with van der Waals surface area (Å²) in [5.74, 6) is -1.64. The van der Waals surface area contributed by atoms with E-state index in [9.17, 15) is 23.1 Å². The van der Waals surface area contributed by atoms with Crippen LogP contribution in [0.2, 0.25) is 0 Å². The second-order valence-electron chi connectivity index (χ2n) is 6.40. The lowest BCUT2D eigenvalue weighted by Gasteiger charge is -2.16. The quantitative estimate of drug-likeness (QED) is 0.701. The first-order valence-corrected chi connectivity index (χ1v) is 9.77. The molecule has 8 heteroatoms. The van der Waals surface area contributed by atoms with Crippen LogP contribution in [0.25, 0.3) is 0 Å². The summed E-state index contributed by atoms with van der Waals surface area (Å²) in [4.78, 5) is 23.4. The number of methoxy groups -OCH3 is 1. The third kappa shape index (κ3) is 3.72. The second kappa shape index (κ2) is 7.13. The number of ether oxygens (including phenoxy) is 1. The highest BCUT2D eigenvalue weighted by Crippen LogP contribution is 2.49. The van der Waals surface area contributed by atoms with Gasteiger partial charge in [0, 0.05) is 0 Å². The van der Waals surface area contributed by atoms with E-state index in [4.69, 9.17) is 4.74 Å². The Morgan fingerprint density at radius 1 is 1.07 bits per heavy atom. The fourth-order valence-electron chi connectivity index (χ4n) is 3.01. The number of hydrogen-bond donors (Lipinski definition) is 2. The number of sulfonamides is 1. The zero-order chi connectivity index (χ0) is 19.7. The standard InChI is InChI=1S/C19H19NO6S/c1-26-18(23)19(11-12-19)14-7-9-15(10-8-14)27(24,25)20-16(17(21)22)13-5-3-2-4-6-13/h2-10,16,20H,11-12H2,1H3,(H,21,22)/t16-/m1/s1. The molecule has 1 aliphatic carbocycles. The summed E-state index contributed by atoms with van der Waals surface area (Å²) in [6, 6.07) is 12.5. The van der Waals surface area contributed by atoms with Gasteiger partial charge < -0.3 is 9.84 Å². The summed E-state index contributed by atoms with van der Waals surface area (Å²) in [6.45, 7) is 0. The van der Waals surface area contributed by atoms with Crippen LogP contribution in [0, 0.1) is 0 Å². The maximum absolute atomic E-state index is 12.6. The molecule has 0 amide bonds. The third-order valence-electron chi connectivity index (χ3n) is 4.70. The molecular weight excluding hydrogens is 370 g/mol. The van der Waals surface area contributed by atoms with E-state index in [-0.39, 0.29) is 10.9 Å². The van der Waals surface area contributed by atoms with Gasteiger partial charge in [0.25, 0.3) is 0 Å². The number of nitrogens with one attached hydrogen (secondary N) is 1. The molecule has 0 aromatic heterocycles. The lowest BCUT2D eigenvalue weighted by Crippen LogP contribution is -2.33. The number of carboxylic acids is 1. The van der Waals surface area contributed by atoms with Crippen molar-refractivity contribution in [2.24, 2.45) is 0 Å². The van der Waals surface area contributed by atoms with E-state index in [0.29, 0.717) is 24.0 Å². The average Bonchev–Trinajstić information content (AvgIpc) is 3.48. The first-order valence-electron chi connectivity index (χ1n) is 8.29. The lowest BCUT2D eigenvalue weighted by atomic mass is 9.96. The van der Waals surface area contributed by atoms with E-state index in [1.807, 2.05) is 0 Å². The van der Waals surface area contributed by atoms with Gasteiger partial charge in [-0.3, -0.25) is 9.59 Å². The van der Waals surface area contributed by atoms with Gasteiger partial charge in [0.2, 0.25) is 10.0 Å². The molecule has 0 bridgehead atoms.